The van der Waals surface area contributed by atoms with Crippen LogP contribution in [-0.2, 0) is 14.8 Å². The molecule has 0 bridgehead atoms. The lowest BCUT2D eigenvalue weighted by Gasteiger charge is -2.13. The van der Waals surface area contributed by atoms with Crippen LogP contribution in [0.1, 0.15) is 12.5 Å². The van der Waals surface area contributed by atoms with E-state index >= 15 is 0 Å². The Balaban J connectivity index is 3.01. The van der Waals surface area contributed by atoms with Crippen LogP contribution in [0.15, 0.2) is 23.1 Å². The predicted molar refractivity (Wildman–Crippen MR) is 72.0 cm³/mol. The molecule has 0 saturated heterocycles. The Kier molecular flexibility index (Phi) is 6.10. The van der Waals surface area contributed by atoms with Gasteiger partial charge in [-0.2, -0.15) is 0 Å². The smallest absolute Gasteiger partial charge is 0.243 e. The molecule has 2 N–H and O–H groups in total. The van der Waals surface area contributed by atoms with E-state index < -0.39 is 26.8 Å². The van der Waals surface area contributed by atoms with Crippen molar-refractivity contribution in [2.75, 3.05) is 20.3 Å². The third-order valence-electron chi connectivity index (χ3n) is 2.31. The first kappa shape index (κ1) is 16.6. The van der Waals surface area contributed by atoms with Crippen molar-refractivity contribution in [2.24, 2.45) is 0 Å². The highest BCUT2D eigenvalue weighted by molar-refractivity contribution is 7.89. The van der Waals surface area contributed by atoms with Crippen LogP contribution in [-0.4, -0.2) is 39.9 Å². The maximum absolute atomic E-state index is 13.8. The number of ether oxygens (including phenoxy) is 1. The zero-order valence-corrected chi connectivity index (χ0v) is 12.0. The fourth-order valence-electron chi connectivity index (χ4n) is 1.55. The molecule has 1 rings (SSSR count). The van der Waals surface area contributed by atoms with Gasteiger partial charge in [0.2, 0.25) is 10.0 Å². The van der Waals surface area contributed by atoms with Crippen LogP contribution < -0.4 is 4.72 Å². The van der Waals surface area contributed by atoms with E-state index in [0.717, 1.165) is 12.1 Å². The monoisotopic (exact) mass is 301 g/mol. The maximum Gasteiger partial charge on any atom is 0.243 e. The summed E-state index contributed by atoms with van der Waals surface area (Å²) in [5.41, 5.74) is 0.292. The molecule has 1 aromatic rings. The second-order valence-electron chi connectivity index (χ2n) is 4.08. The summed E-state index contributed by atoms with van der Waals surface area (Å²) in [6.45, 7) is 1.44. The van der Waals surface area contributed by atoms with Crippen LogP contribution in [0, 0.1) is 17.7 Å². The van der Waals surface area contributed by atoms with Crippen LogP contribution in [0.4, 0.5) is 4.39 Å². The molecular weight excluding hydrogens is 285 g/mol. The zero-order valence-electron chi connectivity index (χ0n) is 11.2. The summed E-state index contributed by atoms with van der Waals surface area (Å²) in [5.74, 6) is 3.96. The largest absolute Gasteiger partial charge is 0.384 e. The van der Waals surface area contributed by atoms with E-state index in [0.29, 0.717) is 5.56 Å². The van der Waals surface area contributed by atoms with Crippen molar-refractivity contribution in [3.8, 4) is 11.8 Å². The summed E-state index contributed by atoms with van der Waals surface area (Å²) in [6, 6.07) is 3.05. The van der Waals surface area contributed by atoms with Crippen LogP contribution in [0.25, 0.3) is 0 Å². The maximum atomic E-state index is 13.8. The number of halogens is 1. The van der Waals surface area contributed by atoms with Crippen LogP contribution in [0.2, 0.25) is 0 Å². The number of hydrogen-bond donors (Lipinski definition) is 2. The van der Waals surface area contributed by atoms with Crippen molar-refractivity contribution < 1.29 is 22.7 Å². The molecule has 0 aromatic heterocycles. The van der Waals surface area contributed by atoms with E-state index in [1.165, 1.54) is 13.2 Å². The van der Waals surface area contributed by atoms with Crippen molar-refractivity contribution in [2.45, 2.75) is 17.9 Å². The lowest BCUT2D eigenvalue weighted by molar-refractivity contribution is 0.180. The predicted octanol–water partition coefficient (Wildman–Crippen LogP) is 0.483. The SMILES string of the molecule is COCC(C)NS(=O)(=O)c1ccc(C#CCO)cc1F. The molecule has 7 heteroatoms. The van der Waals surface area contributed by atoms with Crippen molar-refractivity contribution >= 4 is 10.0 Å². The molecule has 5 nitrogen and oxygen atoms in total. The number of sulfonamides is 1. The second-order valence-corrected chi connectivity index (χ2v) is 5.77. The van der Waals surface area contributed by atoms with Gasteiger partial charge in [-0.15, -0.1) is 0 Å². The van der Waals surface area contributed by atoms with Gasteiger partial charge in [0, 0.05) is 18.7 Å². The van der Waals surface area contributed by atoms with Crippen molar-refractivity contribution in [3.05, 3.63) is 29.6 Å². The highest BCUT2D eigenvalue weighted by Gasteiger charge is 2.21. The Morgan fingerprint density at radius 1 is 1.50 bits per heavy atom. The first-order chi connectivity index (χ1) is 9.40. The van der Waals surface area contributed by atoms with Gasteiger partial charge in [0.15, 0.2) is 0 Å². The Morgan fingerprint density at radius 2 is 2.20 bits per heavy atom. The highest BCUT2D eigenvalue weighted by Crippen LogP contribution is 2.16. The number of rotatable bonds is 5. The molecule has 0 aliphatic heterocycles. The number of methoxy groups -OCH3 is 1. The van der Waals surface area contributed by atoms with Crippen LogP contribution in [0.3, 0.4) is 0 Å². The second kappa shape index (κ2) is 7.36. The number of benzene rings is 1. The van der Waals surface area contributed by atoms with Gasteiger partial charge in [0.25, 0.3) is 0 Å². The van der Waals surface area contributed by atoms with E-state index in [1.807, 2.05) is 0 Å². The average Bonchev–Trinajstić information content (AvgIpc) is 2.35. The van der Waals surface area contributed by atoms with E-state index in [2.05, 4.69) is 16.6 Å². The third kappa shape index (κ3) is 4.58. The highest BCUT2D eigenvalue weighted by atomic mass is 32.2. The fourth-order valence-corrected chi connectivity index (χ4v) is 2.84. The van der Waals surface area contributed by atoms with Gasteiger partial charge in [-0.25, -0.2) is 17.5 Å². The quantitative estimate of drug-likeness (QED) is 0.776. The topological polar surface area (TPSA) is 75.6 Å². The average molecular weight is 301 g/mol. The lowest BCUT2D eigenvalue weighted by Crippen LogP contribution is -2.36. The molecule has 0 aliphatic carbocycles. The van der Waals surface area contributed by atoms with E-state index in [9.17, 15) is 12.8 Å². The fraction of sp³-hybridized carbons (Fsp3) is 0.385. The molecule has 1 unspecified atom stereocenters. The third-order valence-corrected chi connectivity index (χ3v) is 3.93. The number of aliphatic hydroxyl groups is 1. The molecule has 1 atom stereocenters. The molecule has 0 spiro atoms. The standard InChI is InChI=1S/C13H16FNO4S/c1-10(9-19-2)15-20(17,18)13-6-5-11(4-3-7-16)8-12(13)14/h5-6,8,10,15-16H,7,9H2,1-2H3. The first-order valence-corrected chi connectivity index (χ1v) is 7.29. The summed E-state index contributed by atoms with van der Waals surface area (Å²) in [5, 5.41) is 8.55. The Labute approximate surface area is 117 Å². The molecule has 0 aliphatic rings. The summed E-state index contributed by atoms with van der Waals surface area (Å²) >= 11 is 0. The van der Waals surface area contributed by atoms with Gasteiger partial charge in [0.05, 0.1) is 6.61 Å². The van der Waals surface area contributed by atoms with Crippen LogP contribution in [0.5, 0.6) is 0 Å². The molecule has 110 valence electrons. The molecular formula is C13H16FNO4S. The van der Waals surface area contributed by atoms with Gasteiger partial charge in [0.1, 0.15) is 17.3 Å². The van der Waals surface area contributed by atoms with Gasteiger partial charge < -0.3 is 9.84 Å². The molecule has 0 amide bonds. The number of aliphatic hydroxyl groups excluding tert-OH is 1. The van der Waals surface area contributed by atoms with E-state index in [4.69, 9.17) is 9.84 Å². The van der Waals surface area contributed by atoms with Crippen molar-refractivity contribution in [1.29, 1.82) is 0 Å². The van der Waals surface area contributed by atoms with Crippen LogP contribution >= 0.6 is 0 Å². The summed E-state index contributed by atoms with van der Waals surface area (Å²) in [6.07, 6.45) is 0. The molecule has 0 fully saturated rings. The summed E-state index contributed by atoms with van der Waals surface area (Å²) in [4.78, 5) is -0.449. The minimum Gasteiger partial charge on any atom is -0.384 e. The normalized spacial score (nSPS) is 12.6. The van der Waals surface area contributed by atoms with Crippen molar-refractivity contribution in [1.82, 2.24) is 4.72 Å². The zero-order chi connectivity index (χ0) is 15.2. The van der Waals surface area contributed by atoms with Crippen molar-refractivity contribution in [3.63, 3.8) is 0 Å². The summed E-state index contributed by atoms with van der Waals surface area (Å²) < 4.78 is 44.9. The van der Waals surface area contributed by atoms with E-state index in [1.54, 1.807) is 6.92 Å². The summed E-state index contributed by atoms with van der Waals surface area (Å²) in [7, 11) is -2.51. The number of nitrogens with one attached hydrogen (secondary N) is 1. The molecule has 0 heterocycles. The molecule has 20 heavy (non-hydrogen) atoms. The molecule has 0 saturated carbocycles. The lowest BCUT2D eigenvalue weighted by atomic mass is 10.2. The first-order valence-electron chi connectivity index (χ1n) is 5.81. The van der Waals surface area contributed by atoms with Gasteiger partial charge in [-0.3, -0.25) is 0 Å². The van der Waals surface area contributed by atoms with E-state index in [-0.39, 0.29) is 13.2 Å². The molecule has 1 aromatic carbocycles. The van der Waals surface area contributed by atoms with Gasteiger partial charge >= 0.3 is 0 Å². The minimum absolute atomic E-state index is 0.181. The Morgan fingerprint density at radius 3 is 2.75 bits per heavy atom. The minimum atomic E-state index is -3.95. The van der Waals surface area contributed by atoms with Gasteiger partial charge in [-0.1, -0.05) is 11.8 Å². The Hall–Kier alpha value is -1.46. The Bertz CT molecular complexity index is 619. The number of hydrogen-bond acceptors (Lipinski definition) is 4. The van der Waals surface area contributed by atoms with Gasteiger partial charge in [-0.05, 0) is 25.1 Å². The molecule has 0 radical (unpaired) electrons.